The molecule has 0 aliphatic carbocycles. The van der Waals surface area contributed by atoms with Gasteiger partial charge in [-0.15, -0.1) is 11.6 Å². The van der Waals surface area contributed by atoms with E-state index in [1.54, 1.807) is 0 Å². The molecule has 1 aromatic heterocycles. The third-order valence-electron chi connectivity index (χ3n) is 3.69. The molecule has 0 aromatic carbocycles. The van der Waals surface area contributed by atoms with Gasteiger partial charge in [0, 0.05) is 24.1 Å². The second-order valence-corrected chi connectivity index (χ2v) is 7.68. The van der Waals surface area contributed by atoms with Crippen LogP contribution < -0.4 is 11.2 Å². The average molecular weight is 413 g/mol. The van der Waals surface area contributed by atoms with Gasteiger partial charge in [0.2, 0.25) is 0 Å². The lowest BCUT2D eigenvalue weighted by Gasteiger charge is -2.16. The van der Waals surface area contributed by atoms with Crippen molar-refractivity contribution in [2.24, 2.45) is 0 Å². The van der Waals surface area contributed by atoms with Crippen LogP contribution in [-0.4, -0.2) is 61.3 Å². The standard InChI is InChI=1S/C13H18ClN2O9P/c14-2-1-7-4-16(13(20)15-12(7)19)10-3-8(9(5-17)24-10)25-11(18)6-26(21,22)23/h4,8-10,17H,1-3,5-6H2,(H,15,19,20)(H2,21,22,23)/t8-,9+,10+/m0/s1. The molecule has 0 saturated carbocycles. The van der Waals surface area contributed by atoms with Crippen molar-refractivity contribution in [3.8, 4) is 0 Å². The van der Waals surface area contributed by atoms with Crippen LogP contribution in [0.3, 0.4) is 0 Å². The van der Waals surface area contributed by atoms with Gasteiger partial charge < -0.3 is 24.4 Å². The van der Waals surface area contributed by atoms with Crippen LogP contribution in [0.1, 0.15) is 18.2 Å². The number of nitrogens with one attached hydrogen (secondary N) is 1. The van der Waals surface area contributed by atoms with Crippen molar-refractivity contribution in [3.05, 3.63) is 32.6 Å². The molecule has 146 valence electrons. The fourth-order valence-corrected chi connectivity index (χ4v) is 3.17. The van der Waals surface area contributed by atoms with Gasteiger partial charge in [-0.1, -0.05) is 0 Å². The minimum absolute atomic E-state index is 0.0512. The van der Waals surface area contributed by atoms with Gasteiger partial charge in [-0.25, -0.2) is 4.79 Å². The van der Waals surface area contributed by atoms with Crippen LogP contribution in [0.25, 0.3) is 0 Å². The fraction of sp³-hybridized carbons (Fsp3) is 0.615. The minimum Gasteiger partial charge on any atom is -0.459 e. The van der Waals surface area contributed by atoms with Gasteiger partial charge in [0.1, 0.15) is 24.6 Å². The first-order valence-electron chi connectivity index (χ1n) is 7.55. The molecular weight excluding hydrogens is 395 g/mol. The van der Waals surface area contributed by atoms with Crippen molar-refractivity contribution in [3.63, 3.8) is 0 Å². The lowest BCUT2D eigenvalue weighted by atomic mass is 10.2. The Kier molecular flexibility index (Phi) is 6.78. The molecule has 0 amide bonds. The molecular formula is C13H18ClN2O9P. The van der Waals surface area contributed by atoms with Gasteiger partial charge in [0.25, 0.3) is 5.56 Å². The number of rotatable bonds is 7. The Morgan fingerprint density at radius 3 is 2.73 bits per heavy atom. The Morgan fingerprint density at radius 2 is 2.15 bits per heavy atom. The summed E-state index contributed by atoms with van der Waals surface area (Å²) in [6.07, 6.45) is -2.61. The highest BCUT2D eigenvalue weighted by atomic mass is 35.5. The molecule has 1 aromatic rings. The number of esters is 1. The van der Waals surface area contributed by atoms with E-state index >= 15 is 0 Å². The zero-order valence-corrected chi connectivity index (χ0v) is 15.1. The number of nitrogens with zero attached hydrogens (tertiary/aromatic N) is 1. The second-order valence-electron chi connectivity index (χ2n) is 5.66. The Balaban J connectivity index is 2.19. The van der Waals surface area contributed by atoms with E-state index in [4.69, 9.17) is 30.9 Å². The maximum absolute atomic E-state index is 12.0. The van der Waals surface area contributed by atoms with Crippen LogP contribution in [0.5, 0.6) is 0 Å². The number of carbonyl (C=O) groups excluding carboxylic acids is 1. The summed E-state index contributed by atoms with van der Waals surface area (Å²) in [5.74, 6) is -0.989. The Labute approximate surface area is 151 Å². The summed E-state index contributed by atoms with van der Waals surface area (Å²) in [6.45, 7) is -0.545. The number of halogens is 1. The number of aliphatic hydroxyl groups is 1. The first kappa shape index (κ1) is 20.8. The summed E-state index contributed by atoms with van der Waals surface area (Å²) in [5, 5.41) is 9.37. The second kappa shape index (κ2) is 8.47. The van der Waals surface area contributed by atoms with E-state index in [9.17, 15) is 24.1 Å². The number of alkyl halides is 1. The maximum Gasteiger partial charge on any atom is 0.336 e. The summed E-state index contributed by atoms with van der Waals surface area (Å²) < 4.78 is 22.4. The van der Waals surface area contributed by atoms with Gasteiger partial charge in [-0.05, 0) is 6.42 Å². The quantitative estimate of drug-likeness (QED) is 0.241. The predicted octanol–water partition coefficient (Wildman–Crippen LogP) is -1.31. The van der Waals surface area contributed by atoms with Crippen molar-refractivity contribution in [1.82, 2.24) is 9.55 Å². The first-order valence-corrected chi connectivity index (χ1v) is 9.88. The van der Waals surface area contributed by atoms with Gasteiger partial charge in [0.15, 0.2) is 0 Å². The zero-order valence-electron chi connectivity index (χ0n) is 13.4. The molecule has 1 saturated heterocycles. The van der Waals surface area contributed by atoms with Crippen LogP contribution in [0.2, 0.25) is 0 Å². The lowest BCUT2D eigenvalue weighted by Crippen LogP contribution is -2.34. The van der Waals surface area contributed by atoms with E-state index in [-0.39, 0.29) is 24.3 Å². The number of hydrogen-bond donors (Lipinski definition) is 4. The third kappa shape index (κ3) is 5.26. The molecule has 26 heavy (non-hydrogen) atoms. The van der Waals surface area contributed by atoms with Crippen LogP contribution >= 0.6 is 19.2 Å². The van der Waals surface area contributed by atoms with E-state index in [1.165, 1.54) is 6.20 Å². The Hall–Kier alpha value is -1.49. The Morgan fingerprint density at radius 1 is 1.46 bits per heavy atom. The molecule has 4 N–H and O–H groups in total. The van der Waals surface area contributed by atoms with E-state index in [0.29, 0.717) is 0 Å². The van der Waals surface area contributed by atoms with Crippen molar-refractivity contribution in [2.45, 2.75) is 31.3 Å². The number of hydrogen-bond acceptors (Lipinski definition) is 7. The smallest absolute Gasteiger partial charge is 0.336 e. The van der Waals surface area contributed by atoms with Gasteiger partial charge >= 0.3 is 19.3 Å². The van der Waals surface area contributed by atoms with Crippen LogP contribution in [0.15, 0.2) is 15.8 Å². The monoisotopic (exact) mass is 412 g/mol. The third-order valence-corrected chi connectivity index (χ3v) is 4.55. The number of ether oxygens (including phenoxy) is 2. The topological polar surface area (TPSA) is 168 Å². The molecule has 11 nitrogen and oxygen atoms in total. The summed E-state index contributed by atoms with van der Waals surface area (Å²) in [5.41, 5.74) is -1.07. The number of carbonyl (C=O) groups is 1. The van der Waals surface area contributed by atoms with E-state index in [1.807, 2.05) is 0 Å². The van der Waals surface area contributed by atoms with Gasteiger partial charge in [-0.2, -0.15) is 0 Å². The van der Waals surface area contributed by atoms with E-state index in [2.05, 4.69) is 4.98 Å². The molecule has 0 spiro atoms. The highest BCUT2D eigenvalue weighted by molar-refractivity contribution is 7.52. The molecule has 1 aliphatic heterocycles. The zero-order chi connectivity index (χ0) is 19.5. The summed E-state index contributed by atoms with van der Waals surface area (Å²) >= 11 is 5.61. The molecule has 13 heteroatoms. The van der Waals surface area contributed by atoms with Crippen LogP contribution in [-0.2, 0) is 25.3 Å². The maximum atomic E-state index is 12.0. The number of aromatic amines is 1. The number of aryl methyl sites for hydroxylation is 1. The van der Waals surface area contributed by atoms with Crippen molar-refractivity contribution < 1.29 is 33.7 Å². The molecule has 2 heterocycles. The lowest BCUT2D eigenvalue weighted by molar-refractivity contribution is -0.150. The highest BCUT2D eigenvalue weighted by Gasteiger charge is 2.39. The molecule has 1 aliphatic rings. The fourth-order valence-electron chi connectivity index (χ4n) is 2.55. The normalized spacial score (nSPS) is 23.2. The van der Waals surface area contributed by atoms with Gasteiger partial charge in [-0.3, -0.25) is 23.7 Å². The van der Waals surface area contributed by atoms with Crippen LogP contribution in [0, 0.1) is 0 Å². The highest BCUT2D eigenvalue weighted by Crippen LogP contribution is 2.35. The van der Waals surface area contributed by atoms with Crippen molar-refractivity contribution >= 4 is 25.2 Å². The van der Waals surface area contributed by atoms with E-state index < -0.39 is 56.0 Å². The molecule has 3 atom stereocenters. The Bertz CT molecular complexity index is 817. The predicted molar refractivity (Wildman–Crippen MR) is 88.2 cm³/mol. The first-order chi connectivity index (χ1) is 12.1. The number of H-pyrrole nitrogens is 1. The van der Waals surface area contributed by atoms with Crippen LogP contribution in [0.4, 0.5) is 0 Å². The molecule has 0 unspecified atom stereocenters. The minimum atomic E-state index is -4.59. The number of aliphatic hydroxyl groups excluding tert-OH is 1. The SMILES string of the molecule is O=C(CP(=O)(O)O)O[C@H]1C[C@H](n2cc(CCCl)c(=O)[nH]c2=O)O[C@@H]1CO. The summed E-state index contributed by atoms with van der Waals surface area (Å²) in [6, 6.07) is 0. The molecule has 0 bridgehead atoms. The van der Waals surface area contributed by atoms with Crippen molar-refractivity contribution in [2.75, 3.05) is 18.6 Å². The van der Waals surface area contributed by atoms with Crippen molar-refractivity contribution in [1.29, 1.82) is 0 Å². The largest absolute Gasteiger partial charge is 0.459 e. The van der Waals surface area contributed by atoms with E-state index in [0.717, 1.165) is 4.57 Å². The summed E-state index contributed by atoms with van der Waals surface area (Å²) in [7, 11) is -4.59. The molecule has 1 fully saturated rings. The van der Waals surface area contributed by atoms with Gasteiger partial charge in [0.05, 0.1) is 6.61 Å². The molecule has 2 rings (SSSR count). The summed E-state index contributed by atoms with van der Waals surface area (Å²) in [4.78, 5) is 55.0. The average Bonchev–Trinajstić information content (AvgIpc) is 2.90. The number of aromatic nitrogens is 2. The molecule has 0 radical (unpaired) electrons.